The van der Waals surface area contributed by atoms with Crippen molar-refractivity contribution < 1.29 is 14.7 Å². The zero-order valence-corrected chi connectivity index (χ0v) is 12.7. The molecule has 4 atom stereocenters. The Balaban J connectivity index is 2.02. The van der Waals surface area contributed by atoms with Gasteiger partial charge in [-0.15, -0.1) is 11.3 Å². The number of aliphatic carboxylic acids is 1. The number of amides is 1. The number of carbonyl (C=O) groups excluding carboxylic acids is 1. The predicted octanol–water partition coefficient (Wildman–Crippen LogP) is 3.06. The zero-order chi connectivity index (χ0) is 14.7. The molecule has 1 aromatic heterocycles. The lowest BCUT2D eigenvalue weighted by Crippen LogP contribution is -2.36. The van der Waals surface area contributed by atoms with Crippen LogP contribution in [0.1, 0.15) is 44.0 Å². The van der Waals surface area contributed by atoms with Gasteiger partial charge in [0.05, 0.1) is 17.9 Å². The lowest BCUT2D eigenvalue weighted by molar-refractivity contribution is -0.146. The van der Waals surface area contributed by atoms with Crippen molar-refractivity contribution in [1.29, 1.82) is 0 Å². The summed E-state index contributed by atoms with van der Waals surface area (Å²) in [4.78, 5) is 24.8. The van der Waals surface area contributed by atoms with Gasteiger partial charge in [-0.25, -0.2) is 0 Å². The molecular weight excluding hydrogens is 274 g/mol. The van der Waals surface area contributed by atoms with Crippen LogP contribution < -0.4 is 5.32 Å². The van der Waals surface area contributed by atoms with Gasteiger partial charge < -0.3 is 10.4 Å². The Morgan fingerprint density at radius 2 is 2.15 bits per heavy atom. The second-order valence-electron chi connectivity index (χ2n) is 5.54. The minimum atomic E-state index is -0.843. The first-order valence-electron chi connectivity index (χ1n) is 7.09. The number of nitrogens with one attached hydrogen (secondary N) is 1. The first kappa shape index (κ1) is 15.0. The highest BCUT2D eigenvalue weighted by molar-refractivity contribution is 7.10. The Morgan fingerprint density at radius 3 is 2.70 bits per heavy atom. The van der Waals surface area contributed by atoms with Crippen LogP contribution in [-0.4, -0.2) is 17.0 Å². The summed E-state index contributed by atoms with van der Waals surface area (Å²) < 4.78 is 0. The molecule has 5 heteroatoms. The van der Waals surface area contributed by atoms with E-state index in [0.29, 0.717) is 18.8 Å². The Hall–Kier alpha value is -1.36. The van der Waals surface area contributed by atoms with E-state index in [1.54, 1.807) is 11.3 Å². The molecule has 110 valence electrons. The van der Waals surface area contributed by atoms with Crippen LogP contribution in [0.15, 0.2) is 17.5 Å². The molecule has 0 aromatic carbocycles. The summed E-state index contributed by atoms with van der Waals surface area (Å²) in [6, 6.07) is 3.87. The summed E-state index contributed by atoms with van der Waals surface area (Å²) in [7, 11) is 0. The van der Waals surface area contributed by atoms with Crippen molar-refractivity contribution >= 4 is 23.2 Å². The molecular formula is C15H21NO3S. The van der Waals surface area contributed by atoms with E-state index in [1.807, 2.05) is 24.4 Å². The smallest absolute Gasteiger partial charge is 0.307 e. The number of carboxylic acid groups (broad SMARTS) is 1. The van der Waals surface area contributed by atoms with Crippen LogP contribution in [0, 0.1) is 17.8 Å². The lowest BCUT2D eigenvalue weighted by Gasteiger charge is -2.19. The first-order chi connectivity index (χ1) is 9.52. The van der Waals surface area contributed by atoms with Crippen LogP contribution in [0.5, 0.6) is 0 Å². The highest BCUT2D eigenvalue weighted by atomic mass is 32.1. The number of carbonyl (C=O) groups is 2. The maximum atomic E-state index is 12.4. The number of carboxylic acids is 1. The van der Waals surface area contributed by atoms with E-state index in [-0.39, 0.29) is 17.9 Å². The van der Waals surface area contributed by atoms with Crippen molar-refractivity contribution in [2.24, 2.45) is 17.8 Å². The number of rotatable bonds is 5. The molecule has 1 heterocycles. The zero-order valence-electron chi connectivity index (χ0n) is 11.8. The molecule has 0 saturated heterocycles. The van der Waals surface area contributed by atoms with E-state index >= 15 is 0 Å². The highest BCUT2D eigenvalue weighted by Crippen LogP contribution is 2.38. The highest BCUT2D eigenvalue weighted by Gasteiger charge is 2.42. The quantitative estimate of drug-likeness (QED) is 0.877. The van der Waals surface area contributed by atoms with Gasteiger partial charge in [-0.1, -0.05) is 19.4 Å². The fourth-order valence-corrected chi connectivity index (χ4v) is 3.70. The number of thiophene rings is 1. The fourth-order valence-electron chi connectivity index (χ4n) is 2.97. The minimum absolute atomic E-state index is 0.0578. The summed E-state index contributed by atoms with van der Waals surface area (Å²) in [5, 5.41) is 14.2. The van der Waals surface area contributed by atoms with Crippen molar-refractivity contribution in [2.45, 2.75) is 39.2 Å². The van der Waals surface area contributed by atoms with E-state index in [1.165, 1.54) is 0 Å². The molecule has 1 aliphatic carbocycles. The maximum absolute atomic E-state index is 12.4. The molecule has 0 aliphatic heterocycles. The number of hydrogen-bond donors (Lipinski definition) is 2. The molecule has 1 aliphatic rings. The van der Waals surface area contributed by atoms with Gasteiger partial charge in [0.25, 0.3) is 0 Å². The molecule has 1 amide bonds. The second-order valence-corrected chi connectivity index (χ2v) is 6.52. The van der Waals surface area contributed by atoms with Gasteiger partial charge in [0.15, 0.2) is 0 Å². The Bertz CT molecular complexity index is 471. The van der Waals surface area contributed by atoms with E-state index in [4.69, 9.17) is 0 Å². The minimum Gasteiger partial charge on any atom is -0.481 e. The van der Waals surface area contributed by atoms with E-state index in [0.717, 1.165) is 11.3 Å². The molecule has 4 nitrogen and oxygen atoms in total. The number of hydrogen-bond acceptors (Lipinski definition) is 3. The van der Waals surface area contributed by atoms with Crippen molar-refractivity contribution in [3.8, 4) is 0 Å². The Morgan fingerprint density at radius 1 is 1.45 bits per heavy atom. The standard InChI is InChI=1S/C15H21NO3S/c1-3-10-7-11(12(8-10)15(18)19)14(17)16-9(2)13-5-4-6-20-13/h4-6,9-12H,3,7-8H2,1-2H3,(H,16,17)(H,18,19)/t9-,10?,11-,12+/m0/s1. The van der Waals surface area contributed by atoms with Gasteiger partial charge in [0.1, 0.15) is 0 Å². The monoisotopic (exact) mass is 295 g/mol. The third kappa shape index (κ3) is 3.20. The van der Waals surface area contributed by atoms with Crippen LogP contribution in [0.3, 0.4) is 0 Å². The molecule has 1 unspecified atom stereocenters. The fraction of sp³-hybridized carbons (Fsp3) is 0.600. The van der Waals surface area contributed by atoms with Crippen LogP contribution in [0.2, 0.25) is 0 Å². The van der Waals surface area contributed by atoms with Gasteiger partial charge in [-0.2, -0.15) is 0 Å². The third-order valence-corrected chi connectivity index (χ3v) is 5.28. The normalized spacial score (nSPS) is 27.2. The molecule has 2 rings (SSSR count). The van der Waals surface area contributed by atoms with E-state index in [9.17, 15) is 14.7 Å². The third-order valence-electron chi connectivity index (χ3n) is 4.22. The van der Waals surface area contributed by atoms with E-state index < -0.39 is 11.9 Å². The summed E-state index contributed by atoms with van der Waals surface area (Å²) in [5.74, 6) is -1.53. The van der Waals surface area contributed by atoms with Crippen molar-refractivity contribution in [3.63, 3.8) is 0 Å². The Kier molecular flexibility index (Phi) is 4.81. The summed E-state index contributed by atoms with van der Waals surface area (Å²) in [6.45, 7) is 3.99. The van der Waals surface area contributed by atoms with Crippen molar-refractivity contribution in [1.82, 2.24) is 5.32 Å². The summed E-state index contributed by atoms with van der Waals surface area (Å²) in [6.07, 6.45) is 2.25. The molecule has 20 heavy (non-hydrogen) atoms. The molecule has 0 radical (unpaired) electrons. The molecule has 0 spiro atoms. The van der Waals surface area contributed by atoms with Gasteiger partial charge >= 0.3 is 5.97 Å². The largest absolute Gasteiger partial charge is 0.481 e. The van der Waals surface area contributed by atoms with Crippen molar-refractivity contribution in [2.75, 3.05) is 0 Å². The molecule has 1 saturated carbocycles. The van der Waals surface area contributed by atoms with Gasteiger partial charge in [0.2, 0.25) is 5.91 Å². The predicted molar refractivity (Wildman–Crippen MR) is 78.5 cm³/mol. The van der Waals surface area contributed by atoms with Crippen LogP contribution in [-0.2, 0) is 9.59 Å². The molecule has 2 N–H and O–H groups in total. The average Bonchev–Trinajstić information content (AvgIpc) is 3.07. The maximum Gasteiger partial charge on any atom is 0.307 e. The van der Waals surface area contributed by atoms with E-state index in [2.05, 4.69) is 12.2 Å². The second kappa shape index (κ2) is 6.39. The molecule has 1 fully saturated rings. The first-order valence-corrected chi connectivity index (χ1v) is 7.97. The lowest BCUT2D eigenvalue weighted by atomic mass is 9.95. The molecule has 0 bridgehead atoms. The van der Waals surface area contributed by atoms with Gasteiger partial charge in [0, 0.05) is 4.88 Å². The summed E-state index contributed by atoms with van der Waals surface area (Å²) in [5.41, 5.74) is 0. The van der Waals surface area contributed by atoms with Crippen LogP contribution in [0.25, 0.3) is 0 Å². The Labute approximate surface area is 123 Å². The SMILES string of the molecule is CCC1C[C@H](C(=O)N[C@@H](C)c2cccs2)[C@H](C(=O)O)C1. The van der Waals surface area contributed by atoms with Gasteiger partial charge in [-0.3, -0.25) is 9.59 Å². The molecule has 1 aromatic rings. The topological polar surface area (TPSA) is 66.4 Å². The summed E-state index contributed by atoms with van der Waals surface area (Å²) >= 11 is 1.60. The van der Waals surface area contributed by atoms with Crippen molar-refractivity contribution in [3.05, 3.63) is 22.4 Å². The van der Waals surface area contributed by atoms with Crippen LogP contribution >= 0.6 is 11.3 Å². The van der Waals surface area contributed by atoms with Gasteiger partial charge in [-0.05, 0) is 37.1 Å². The average molecular weight is 295 g/mol. The van der Waals surface area contributed by atoms with Crippen LogP contribution in [0.4, 0.5) is 0 Å².